The van der Waals surface area contributed by atoms with Crippen LogP contribution < -0.4 is 0 Å². The van der Waals surface area contributed by atoms with E-state index in [-0.39, 0.29) is 10.9 Å². The van der Waals surface area contributed by atoms with Crippen molar-refractivity contribution in [3.05, 3.63) is 18.0 Å². The molecule has 1 atom stereocenters. The van der Waals surface area contributed by atoms with Gasteiger partial charge in [0.05, 0.1) is 12.3 Å². The topological polar surface area (TPSA) is 80.6 Å². The number of sulfonamides is 1. The highest BCUT2D eigenvalue weighted by Gasteiger charge is 2.33. The fourth-order valence-corrected chi connectivity index (χ4v) is 4.99. The third-order valence-electron chi connectivity index (χ3n) is 5.10. The van der Waals surface area contributed by atoms with Crippen LogP contribution in [-0.4, -0.2) is 78.3 Å². The van der Waals surface area contributed by atoms with E-state index in [4.69, 9.17) is 4.74 Å². The molecule has 8 nitrogen and oxygen atoms in total. The molecule has 1 aliphatic rings. The fraction of sp³-hybridized carbons (Fsp3) is 0.647. The average molecular weight is 382 g/mol. The Hall–Kier alpha value is -1.55. The van der Waals surface area contributed by atoms with Gasteiger partial charge in [-0.1, -0.05) is 6.92 Å². The van der Waals surface area contributed by atoms with Crippen molar-refractivity contribution in [2.45, 2.75) is 31.2 Å². The minimum absolute atomic E-state index is 0.200. The maximum absolute atomic E-state index is 13.1. The molecule has 9 heteroatoms. The van der Waals surface area contributed by atoms with E-state index in [9.17, 15) is 8.42 Å². The van der Waals surface area contributed by atoms with Gasteiger partial charge in [0, 0.05) is 58.0 Å². The Kier molecular flexibility index (Phi) is 5.61. The van der Waals surface area contributed by atoms with Crippen LogP contribution in [0.25, 0.3) is 11.0 Å². The highest BCUT2D eigenvalue weighted by molar-refractivity contribution is 7.89. The van der Waals surface area contributed by atoms with Crippen molar-refractivity contribution in [1.29, 1.82) is 0 Å². The molecule has 0 N–H and O–H groups in total. The number of hydrogen-bond donors (Lipinski definition) is 0. The zero-order valence-corrected chi connectivity index (χ0v) is 16.7. The monoisotopic (exact) mass is 381 g/mol. The van der Waals surface area contributed by atoms with Crippen molar-refractivity contribution in [3.8, 4) is 0 Å². The number of rotatable bonds is 6. The van der Waals surface area contributed by atoms with Crippen LogP contribution in [0.2, 0.25) is 0 Å². The maximum Gasteiger partial charge on any atom is 0.244 e. The summed E-state index contributed by atoms with van der Waals surface area (Å²) >= 11 is 0. The predicted molar refractivity (Wildman–Crippen MR) is 99.5 cm³/mol. The van der Waals surface area contributed by atoms with E-state index < -0.39 is 10.0 Å². The van der Waals surface area contributed by atoms with Crippen LogP contribution in [0.4, 0.5) is 0 Å². The first-order valence-electron chi connectivity index (χ1n) is 8.91. The molecule has 26 heavy (non-hydrogen) atoms. The Bertz CT molecular complexity index is 880. The summed E-state index contributed by atoms with van der Waals surface area (Å²) in [4.78, 5) is 6.87. The van der Waals surface area contributed by atoms with Crippen LogP contribution in [0.15, 0.2) is 17.2 Å². The van der Waals surface area contributed by atoms with Crippen molar-refractivity contribution < 1.29 is 13.2 Å². The summed E-state index contributed by atoms with van der Waals surface area (Å²) in [5.41, 5.74) is 1.47. The summed E-state index contributed by atoms with van der Waals surface area (Å²) in [7, 11) is -0.0792. The van der Waals surface area contributed by atoms with Crippen molar-refractivity contribution >= 4 is 21.1 Å². The van der Waals surface area contributed by atoms with Crippen molar-refractivity contribution in [2.75, 3.05) is 39.9 Å². The van der Waals surface area contributed by atoms with Gasteiger partial charge < -0.3 is 4.74 Å². The fourth-order valence-electron chi connectivity index (χ4n) is 3.55. The summed E-state index contributed by atoms with van der Waals surface area (Å²) in [6.45, 7) is 7.12. The van der Waals surface area contributed by atoms with Gasteiger partial charge in [-0.05, 0) is 19.4 Å². The number of hydrogen-bond acceptors (Lipinski definition) is 6. The maximum atomic E-state index is 13.1. The van der Waals surface area contributed by atoms with E-state index in [1.54, 1.807) is 22.2 Å². The molecule has 1 saturated heterocycles. The molecule has 2 aromatic heterocycles. The summed E-state index contributed by atoms with van der Waals surface area (Å²) in [5, 5.41) is 5.09. The van der Waals surface area contributed by atoms with Gasteiger partial charge in [0.2, 0.25) is 10.0 Å². The number of aryl methyl sites for hydroxylation is 2. The third-order valence-corrected chi connectivity index (χ3v) is 6.93. The average Bonchev–Trinajstić information content (AvgIpc) is 2.93. The Morgan fingerprint density at radius 3 is 2.81 bits per heavy atom. The van der Waals surface area contributed by atoms with Gasteiger partial charge in [-0.2, -0.15) is 9.40 Å². The molecule has 0 amide bonds. The van der Waals surface area contributed by atoms with Gasteiger partial charge in [0.1, 0.15) is 4.90 Å². The second-order valence-electron chi connectivity index (χ2n) is 6.71. The van der Waals surface area contributed by atoms with Crippen LogP contribution in [0.5, 0.6) is 0 Å². The number of fused-ring (bicyclic) bond motifs is 1. The highest BCUT2D eigenvalue weighted by atomic mass is 32.2. The molecule has 2 aromatic rings. The number of nitrogens with zero attached hydrogens (tertiary/aromatic N) is 5. The first kappa shape index (κ1) is 19.2. The molecule has 0 saturated carbocycles. The lowest BCUT2D eigenvalue weighted by Gasteiger charge is -2.40. The number of ether oxygens (including phenoxy) is 1. The molecular formula is C17H27N5O3S. The molecule has 144 valence electrons. The van der Waals surface area contributed by atoms with Crippen LogP contribution in [0.1, 0.15) is 19.0 Å². The first-order valence-corrected chi connectivity index (χ1v) is 10.3. The molecule has 1 aliphatic heterocycles. The lowest BCUT2D eigenvalue weighted by molar-refractivity contribution is 0.0783. The lowest BCUT2D eigenvalue weighted by atomic mass is 10.1. The summed E-state index contributed by atoms with van der Waals surface area (Å²) < 4.78 is 34.7. The summed E-state index contributed by atoms with van der Waals surface area (Å²) in [6, 6.07) is 1.89. The molecule has 0 bridgehead atoms. The van der Waals surface area contributed by atoms with Crippen LogP contribution >= 0.6 is 0 Å². The second kappa shape index (κ2) is 7.59. The number of methoxy groups -OCH3 is 1. The number of piperazine rings is 1. The number of pyridine rings is 1. The molecule has 3 rings (SSSR count). The summed E-state index contributed by atoms with van der Waals surface area (Å²) in [5.74, 6) is 0. The van der Waals surface area contributed by atoms with Gasteiger partial charge >= 0.3 is 0 Å². The van der Waals surface area contributed by atoms with E-state index in [0.717, 1.165) is 24.0 Å². The van der Waals surface area contributed by atoms with E-state index in [1.165, 1.54) is 6.20 Å². The van der Waals surface area contributed by atoms with Crippen LogP contribution in [-0.2, 0) is 21.8 Å². The van der Waals surface area contributed by atoms with Gasteiger partial charge in [-0.3, -0.25) is 9.58 Å². The van der Waals surface area contributed by atoms with Crippen LogP contribution in [0, 0.1) is 6.92 Å². The predicted octanol–water partition coefficient (Wildman–Crippen LogP) is 1.01. The zero-order chi connectivity index (χ0) is 18.9. The Labute approximate surface area is 154 Å². The molecule has 0 spiro atoms. The van der Waals surface area contributed by atoms with Crippen molar-refractivity contribution in [1.82, 2.24) is 24.0 Å². The van der Waals surface area contributed by atoms with Gasteiger partial charge in [0.25, 0.3) is 0 Å². The van der Waals surface area contributed by atoms with Gasteiger partial charge in [-0.15, -0.1) is 0 Å². The Balaban J connectivity index is 1.85. The minimum Gasteiger partial charge on any atom is -0.383 e. The molecule has 0 unspecified atom stereocenters. The first-order chi connectivity index (χ1) is 12.4. The molecule has 3 heterocycles. The van der Waals surface area contributed by atoms with Crippen molar-refractivity contribution in [2.24, 2.45) is 7.05 Å². The third kappa shape index (κ3) is 3.48. The van der Waals surface area contributed by atoms with E-state index >= 15 is 0 Å². The second-order valence-corrected chi connectivity index (χ2v) is 8.64. The molecule has 1 fully saturated rings. The highest BCUT2D eigenvalue weighted by Crippen LogP contribution is 2.24. The van der Waals surface area contributed by atoms with Gasteiger partial charge in [-0.25, -0.2) is 13.4 Å². The van der Waals surface area contributed by atoms with E-state index in [0.29, 0.717) is 31.9 Å². The molecule has 0 radical (unpaired) electrons. The largest absolute Gasteiger partial charge is 0.383 e. The number of aromatic nitrogens is 3. The smallest absolute Gasteiger partial charge is 0.244 e. The standard InChI is InChI=1S/C17H27N5O3S/c1-5-14-12-22(7-6-21(14)8-9-25-4)26(23,24)15-10-16-13(2)19-20(3)17(16)18-11-15/h10-11,14H,5-9,12H2,1-4H3/t14-/m0/s1. The molecular weight excluding hydrogens is 354 g/mol. The SMILES string of the molecule is CC[C@H]1CN(S(=O)(=O)c2cnc3c(c2)c(C)nn3C)CCN1CCOC. The zero-order valence-electron chi connectivity index (χ0n) is 15.8. The van der Waals surface area contributed by atoms with Crippen LogP contribution in [0.3, 0.4) is 0 Å². The lowest BCUT2D eigenvalue weighted by Crippen LogP contribution is -2.55. The van der Waals surface area contributed by atoms with Crippen molar-refractivity contribution in [3.63, 3.8) is 0 Å². The quantitative estimate of drug-likeness (QED) is 0.743. The Morgan fingerprint density at radius 2 is 2.12 bits per heavy atom. The summed E-state index contributed by atoms with van der Waals surface area (Å²) in [6.07, 6.45) is 2.34. The Morgan fingerprint density at radius 1 is 1.35 bits per heavy atom. The normalized spacial score (nSPS) is 20.1. The van der Waals surface area contributed by atoms with E-state index in [2.05, 4.69) is 21.9 Å². The van der Waals surface area contributed by atoms with Gasteiger partial charge in [0.15, 0.2) is 5.65 Å². The van der Waals surface area contributed by atoms with E-state index in [1.807, 2.05) is 14.0 Å². The minimum atomic E-state index is -3.57. The molecule has 0 aromatic carbocycles. The molecule has 0 aliphatic carbocycles.